The summed E-state index contributed by atoms with van der Waals surface area (Å²) in [5.41, 5.74) is 2.05. The van der Waals surface area contributed by atoms with E-state index in [1.54, 1.807) is 24.3 Å². The molecule has 0 unspecified atom stereocenters. The monoisotopic (exact) mass is 386 g/mol. The van der Waals surface area contributed by atoms with Crippen molar-refractivity contribution >= 4 is 33.5 Å². The summed E-state index contributed by atoms with van der Waals surface area (Å²) in [5, 5.41) is 5.32. The number of aromatic nitrogens is 2. The van der Waals surface area contributed by atoms with E-state index in [1.165, 1.54) is 28.7 Å². The van der Waals surface area contributed by atoms with Gasteiger partial charge in [0.15, 0.2) is 10.7 Å². The van der Waals surface area contributed by atoms with Gasteiger partial charge < -0.3 is 9.73 Å². The number of carbonyl (C=O) groups excluding carboxylic acids is 1. The summed E-state index contributed by atoms with van der Waals surface area (Å²) in [6.45, 7) is 5.19. The van der Waals surface area contributed by atoms with Gasteiger partial charge in [0, 0.05) is 11.9 Å². The van der Waals surface area contributed by atoms with Crippen molar-refractivity contribution in [2.24, 2.45) is 5.92 Å². The van der Waals surface area contributed by atoms with Crippen molar-refractivity contribution in [3.05, 3.63) is 45.9 Å². The van der Waals surface area contributed by atoms with Gasteiger partial charge in [-0.1, -0.05) is 19.1 Å². The van der Waals surface area contributed by atoms with Gasteiger partial charge in [0.2, 0.25) is 5.91 Å². The fraction of sp³-hybridized carbons (Fsp3) is 0.421. The zero-order chi connectivity index (χ0) is 18.8. The summed E-state index contributed by atoms with van der Waals surface area (Å²) >= 11 is 1.41. The summed E-state index contributed by atoms with van der Waals surface area (Å²) in [6, 6.07) is 7.06. The molecule has 0 bridgehead atoms. The SMILES string of the molecule is CC1CCN(Cc2csc(NC(=O)Cn3c(=O)oc4ccccc43)n2)CC1. The topological polar surface area (TPSA) is 80.4 Å². The quantitative estimate of drug-likeness (QED) is 0.729. The molecule has 1 fully saturated rings. The molecule has 1 aromatic carbocycles. The van der Waals surface area contributed by atoms with Crippen LogP contribution in [0.1, 0.15) is 25.5 Å². The average Bonchev–Trinajstić information content (AvgIpc) is 3.21. The Labute approximate surface area is 160 Å². The van der Waals surface area contributed by atoms with E-state index < -0.39 is 5.76 Å². The van der Waals surface area contributed by atoms with Crippen molar-refractivity contribution in [3.63, 3.8) is 0 Å². The number of piperidine rings is 1. The van der Waals surface area contributed by atoms with Gasteiger partial charge in [-0.15, -0.1) is 11.3 Å². The van der Waals surface area contributed by atoms with Crippen LogP contribution in [0.15, 0.2) is 38.9 Å². The Hall–Kier alpha value is -2.45. The highest BCUT2D eigenvalue weighted by atomic mass is 32.1. The van der Waals surface area contributed by atoms with Crippen LogP contribution < -0.4 is 11.1 Å². The van der Waals surface area contributed by atoms with Crippen LogP contribution in [0.4, 0.5) is 5.13 Å². The number of carbonyl (C=O) groups is 1. The third-order valence-corrected chi connectivity index (χ3v) is 5.74. The molecular weight excluding hydrogens is 364 g/mol. The largest absolute Gasteiger partial charge is 0.420 e. The van der Waals surface area contributed by atoms with Crippen molar-refractivity contribution in [1.29, 1.82) is 0 Å². The molecule has 0 atom stereocenters. The first-order chi connectivity index (χ1) is 13.1. The van der Waals surface area contributed by atoms with Crippen LogP contribution in [-0.4, -0.2) is 33.4 Å². The van der Waals surface area contributed by atoms with Crippen molar-refractivity contribution in [2.45, 2.75) is 32.9 Å². The van der Waals surface area contributed by atoms with Crippen molar-refractivity contribution in [3.8, 4) is 0 Å². The molecule has 2 aromatic heterocycles. The van der Waals surface area contributed by atoms with E-state index in [0.29, 0.717) is 16.2 Å². The van der Waals surface area contributed by atoms with Crippen LogP contribution in [-0.2, 0) is 17.9 Å². The first-order valence-electron chi connectivity index (χ1n) is 9.13. The van der Waals surface area contributed by atoms with E-state index >= 15 is 0 Å². The number of nitrogens with one attached hydrogen (secondary N) is 1. The molecule has 4 rings (SSSR count). The molecule has 1 N–H and O–H groups in total. The van der Waals surface area contributed by atoms with Gasteiger partial charge in [-0.2, -0.15) is 0 Å². The summed E-state index contributed by atoms with van der Waals surface area (Å²) in [4.78, 5) is 31.2. The maximum atomic E-state index is 12.4. The van der Waals surface area contributed by atoms with Crippen LogP contribution in [0.2, 0.25) is 0 Å². The molecule has 3 heterocycles. The lowest BCUT2D eigenvalue weighted by Gasteiger charge is -2.29. The van der Waals surface area contributed by atoms with Crippen molar-refractivity contribution in [1.82, 2.24) is 14.5 Å². The van der Waals surface area contributed by atoms with E-state index in [-0.39, 0.29) is 12.5 Å². The third-order valence-electron chi connectivity index (χ3n) is 4.94. The van der Waals surface area contributed by atoms with Crippen LogP contribution in [0, 0.1) is 5.92 Å². The van der Waals surface area contributed by atoms with Gasteiger partial charge in [0.25, 0.3) is 0 Å². The first kappa shape index (κ1) is 17.9. The smallest absolute Gasteiger partial charge is 0.408 e. The molecule has 27 heavy (non-hydrogen) atoms. The number of benzene rings is 1. The van der Waals surface area contributed by atoms with Gasteiger partial charge >= 0.3 is 5.76 Å². The lowest BCUT2D eigenvalue weighted by atomic mass is 9.99. The molecule has 8 heteroatoms. The standard InChI is InChI=1S/C19H22N4O3S/c1-13-6-8-22(9-7-13)10-14-12-27-18(20-14)21-17(24)11-23-15-4-2-3-5-16(15)26-19(23)25/h2-5,12-13H,6-11H2,1H3,(H,20,21,24). The van der Waals surface area contributed by atoms with E-state index in [9.17, 15) is 9.59 Å². The Bertz CT molecular complexity index is 998. The lowest BCUT2D eigenvalue weighted by molar-refractivity contribution is -0.116. The van der Waals surface area contributed by atoms with Crippen LogP contribution in [0.25, 0.3) is 11.1 Å². The number of anilines is 1. The summed E-state index contributed by atoms with van der Waals surface area (Å²) < 4.78 is 6.48. The maximum absolute atomic E-state index is 12.4. The van der Waals surface area contributed by atoms with Crippen molar-refractivity contribution < 1.29 is 9.21 Å². The van der Waals surface area contributed by atoms with E-state index in [1.807, 2.05) is 5.38 Å². The summed E-state index contributed by atoms with van der Waals surface area (Å²) in [7, 11) is 0. The number of hydrogen-bond donors (Lipinski definition) is 1. The fourth-order valence-corrected chi connectivity index (χ4v) is 4.07. The van der Waals surface area contributed by atoms with E-state index in [0.717, 1.165) is 31.2 Å². The number of thiazole rings is 1. The fourth-order valence-electron chi connectivity index (χ4n) is 3.35. The number of rotatable bonds is 5. The minimum atomic E-state index is -0.537. The second-order valence-electron chi connectivity index (χ2n) is 7.07. The number of likely N-dealkylation sites (tertiary alicyclic amines) is 1. The second-order valence-corrected chi connectivity index (χ2v) is 7.93. The molecule has 142 valence electrons. The minimum Gasteiger partial charge on any atom is -0.408 e. The molecule has 1 amide bonds. The van der Waals surface area contributed by atoms with Crippen LogP contribution >= 0.6 is 11.3 Å². The van der Waals surface area contributed by atoms with Gasteiger partial charge in [0.1, 0.15) is 6.54 Å². The number of fused-ring (bicyclic) bond motifs is 1. The van der Waals surface area contributed by atoms with Gasteiger partial charge in [-0.25, -0.2) is 9.78 Å². The molecule has 1 aliphatic rings. The molecule has 0 saturated carbocycles. The average molecular weight is 386 g/mol. The van der Waals surface area contributed by atoms with Gasteiger partial charge in [-0.05, 0) is 44.0 Å². The maximum Gasteiger partial charge on any atom is 0.420 e. The van der Waals surface area contributed by atoms with E-state index in [4.69, 9.17) is 4.42 Å². The Morgan fingerprint density at radius 3 is 2.93 bits per heavy atom. The highest BCUT2D eigenvalue weighted by Gasteiger charge is 2.17. The van der Waals surface area contributed by atoms with Gasteiger partial charge in [0.05, 0.1) is 11.2 Å². The summed E-state index contributed by atoms with van der Waals surface area (Å²) in [5.74, 6) is -0.0317. The number of amides is 1. The number of oxazole rings is 1. The lowest BCUT2D eigenvalue weighted by Crippen LogP contribution is -2.32. The number of hydrogen-bond acceptors (Lipinski definition) is 6. The highest BCUT2D eigenvalue weighted by Crippen LogP contribution is 2.21. The Kier molecular flexibility index (Phi) is 5.09. The van der Waals surface area contributed by atoms with Crippen LogP contribution in [0.3, 0.4) is 0 Å². The van der Waals surface area contributed by atoms with Crippen LogP contribution in [0.5, 0.6) is 0 Å². The predicted octanol–water partition coefficient (Wildman–Crippen LogP) is 2.92. The Morgan fingerprint density at radius 2 is 2.11 bits per heavy atom. The van der Waals surface area contributed by atoms with Crippen molar-refractivity contribution in [2.75, 3.05) is 18.4 Å². The second kappa shape index (κ2) is 7.66. The first-order valence-corrected chi connectivity index (χ1v) is 10.0. The van der Waals surface area contributed by atoms with E-state index in [2.05, 4.69) is 22.1 Å². The molecule has 1 aliphatic heterocycles. The van der Waals surface area contributed by atoms with Gasteiger partial charge in [-0.3, -0.25) is 14.3 Å². The molecule has 1 saturated heterocycles. The predicted molar refractivity (Wildman–Crippen MR) is 105 cm³/mol. The Balaban J connectivity index is 1.38. The zero-order valence-corrected chi connectivity index (χ0v) is 16.0. The number of para-hydroxylation sites is 2. The molecule has 0 radical (unpaired) electrons. The molecule has 0 aliphatic carbocycles. The zero-order valence-electron chi connectivity index (χ0n) is 15.2. The Morgan fingerprint density at radius 1 is 1.33 bits per heavy atom. The summed E-state index contributed by atoms with van der Waals surface area (Å²) in [6.07, 6.45) is 2.45. The third kappa shape index (κ3) is 4.12. The highest BCUT2D eigenvalue weighted by molar-refractivity contribution is 7.13. The minimum absolute atomic E-state index is 0.102. The molecule has 0 spiro atoms. The molecule has 3 aromatic rings. The molecular formula is C19H22N4O3S. The number of nitrogens with zero attached hydrogens (tertiary/aromatic N) is 3. The normalized spacial score (nSPS) is 16.0. The molecule has 7 nitrogen and oxygen atoms in total.